The van der Waals surface area contributed by atoms with E-state index in [0.717, 1.165) is 23.6 Å². The molecule has 1 heterocycles. The number of fused-ring (bicyclic) bond motifs is 1. The number of hydrogen-bond donors (Lipinski definition) is 0. The van der Waals surface area contributed by atoms with Gasteiger partial charge in [0.15, 0.2) is 0 Å². The van der Waals surface area contributed by atoms with Crippen LogP contribution in [0.4, 0.5) is 0 Å². The van der Waals surface area contributed by atoms with Gasteiger partial charge in [-0.05, 0) is 35.7 Å². The molecule has 1 atom stereocenters. The van der Waals surface area contributed by atoms with E-state index in [2.05, 4.69) is 0 Å². The van der Waals surface area contributed by atoms with Crippen LogP contribution < -0.4 is 0 Å². The zero-order valence-corrected chi connectivity index (χ0v) is 15.6. The summed E-state index contributed by atoms with van der Waals surface area (Å²) in [5.74, 6) is 0.754. The average Bonchev–Trinajstić information content (AvgIpc) is 3.35. The van der Waals surface area contributed by atoms with E-state index >= 15 is 0 Å². The Kier molecular flexibility index (Phi) is 4.25. The van der Waals surface area contributed by atoms with Crippen molar-refractivity contribution in [3.05, 3.63) is 42.5 Å². The molecular formula is C18H20N2O3S2. The van der Waals surface area contributed by atoms with Gasteiger partial charge in [0.05, 0.1) is 10.8 Å². The van der Waals surface area contributed by atoms with E-state index in [1.807, 2.05) is 30.3 Å². The van der Waals surface area contributed by atoms with Gasteiger partial charge in [0.1, 0.15) is 6.04 Å². The fourth-order valence-electron chi connectivity index (χ4n) is 3.20. The van der Waals surface area contributed by atoms with Crippen molar-refractivity contribution in [1.29, 1.82) is 0 Å². The molecule has 5 nitrogen and oxygen atoms in total. The number of hydrogen-bond acceptors (Lipinski definition) is 4. The van der Waals surface area contributed by atoms with E-state index in [9.17, 15) is 13.2 Å². The molecule has 132 valence electrons. The molecule has 1 aliphatic heterocycles. The second-order valence-electron chi connectivity index (χ2n) is 6.60. The molecule has 4 rings (SSSR count). The largest absolute Gasteiger partial charge is 0.341 e. The van der Waals surface area contributed by atoms with Gasteiger partial charge in [-0.2, -0.15) is 4.31 Å². The fraction of sp³-hybridized carbons (Fsp3) is 0.389. The summed E-state index contributed by atoms with van der Waals surface area (Å²) in [6.07, 6.45) is 2.03. The fourth-order valence-corrected chi connectivity index (χ4v) is 6.37. The van der Waals surface area contributed by atoms with E-state index in [4.69, 9.17) is 0 Å². The lowest BCUT2D eigenvalue weighted by molar-refractivity contribution is -0.133. The van der Waals surface area contributed by atoms with Gasteiger partial charge < -0.3 is 4.90 Å². The number of nitrogens with zero attached hydrogens (tertiary/aromatic N) is 2. The van der Waals surface area contributed by atoms with Gasteiger partial charge in [0.2, 0.25) is 15.9 Å². The first kappa shape index (κ1) is 16.9. The SMILES string of the molecule is CN(C(=O)C1CSCN1S(=O)(=O)c1ccc2ccccc2c1)C1CC1. The molecule has 1 amide bonds. The van der Waals surface area contributed by atoms with Crippen LogP contribution >= 0.6 is 11.8 Å². The van der Waals surface area contributed by atoms with Crippen LogP contribution in [-0.2, 0) is 14.8 Å². The Labute approximate surface area is 152 Å². The molecule has 0 N–H and O–H groups in total. The Bertz CT molecular complexity index is 925. The second-order valence-corrected chi connectivity index (χ2v) is 9.49. The first-order valence-corrected chi connectivity index (χ1v) is 10.9. The third-order valence-electron chi connectivity index (χ3n) is 4.90. The normalized spacial score (nSPS) is 21.6. The summed E-state index contributed by atoms with van der Waals surface area (Å²) >= 11 is 1.49. The molecule has 25 heavy (non-hydrogen) atoms. The summed E-state index contributed by atoms with van der Waals surface area (Å²) in [5.41, 5.74) is 0. The van der Waals surface area contributed by atoms with Crippen LogP contribution in [0.5, 0.6) is 0 Å². The Hall–Kier alpha value is -1.57. The lowest BCUT2D eigenvalue weighted by Crippen LogP contribution is -2.48. The monoisotopic (exact) mass is 376 g/mol. The van der Waals surface area contributed by atoms with Crippen molar-refractivity contribution >= 4 is 38.5 Å². The molecule has 2 aliphatic rings. The van der Waals surface area contributed by atoms with Crippen LogP contribution in [0, 0.1) is 0 Å². The van der Waals surface area contributed by atoms with Crippen molar-refractivity contribution in [3.63, 3.8) is 0 Å². The highest BCUT2D eigenvalue weighted by molar-refractivity contribution is 8.00. The zero-order chi connectivity index (χ0) is 17.6. The van der Waals surface area contributed by atoms with Crippen LogP contribution in [0.3, 0.4) is 0 Å². The summed E-state index contributed by atoms with van der Waals surface area (Å²) in [6, 6.07) is 12.5. The predicted octanol–water partition coefficient (Wildman–Crippen LogP) is 2.52. The number of rotatable bonds is 4. The van der Waals surface area contributed by atoms with Crippen molar-refractivity contribution in [3.8, 4) is 0 Å². The molecular weight excluding hydrogens is 356 g/mol. The lowest BCUT2D eigenvalue weighted by atomic mass is 10.1. The molecule has 0 aromatic heterocycles. The Morgan fingerprint density at radius 3 is 2.60 bits per heavy atom. The molecule has 0 spiro atoms. The Balaban J connectivity index is 1.66. The Morgan fingerprint density at radius 1 is 1.16 bits per heavy atom. The van der Waals surface area contributed by atoms with Gasteiger partial charge in [-0.1, -0.05) is 30.3 Å². The number of benzene rings is 2. The van der Waals surface area contributed by atoms with Crippen molar-refractivity contribution in [2.24, 2.45) is 0 Å². The first-order chi connectivity index (χ1) is 12.0. The summed E-state index contributed by atoms with van der Waals surface area (Å²) in [7, 11) is -1.92. The third-order valence-corrected chi connectivity index (χ3v) is 7.92. The van der Waals surface area contributed by atoms with Gasteiger partial charge in [0.25, 0.3) is 0 Å². The van der Waals surface area contributed by atoms with E-state index in [-0.39, 0.29) is 16.8 Å². The van der Waals surface area contributed by atoms with E-state index in [1.54, 1.807) is 24.1 Å². The van der Waals surface area contributed by atoms with Crippen molar-refractivity contribution in [1.82, 2.24) is 9.21 Å². The van der Waals surface area contributed by atoms with Crippen molar-refractivity contribution in [2.75, 3.05) is 18.7 Å². The number of likely N-dealkylation sites (N-methyl/N-ethyl adjacent to an activating group) is 1. The highest BCUT2D eigenvalue weighted by atomic mass is 32.2. The number of sulfonamides is 1. The minimum absolute atomic E-state index is 0.0862. The molecule has 7 heteroatoms. The quantitative estimate of drug-likeness (QED) is 0.823. The second kappa shape index (κ2) is 6.30. The molecule has 2 fully saturated rings. The first-order valence-electron chi connectivity index (χ1n) is 8.33. The maximum atomic E-state index is 13.1. The summed E-state index contributed by atoms with van der Waals surface area (Å²) in [6.45, 7) is 0. The average molecular weight is 377 g/mol. The summed E-state index contributed by atoms with van der Waals surface area (Å²) in [4.78, 5) is 14.7. The standard InChI is InChI=1S/C18H20N2O3S2/c1-19(15-7-8-15)18(21)17-11-24-12-20(17)25(22,23)16-9-6-13-4-2-3-5-14(13)10-16/h2-6,9-10,15,17H,7-8,11-12H2,1H3. The van der Waals surface area contributed by atoms with E-state index < -0.39 is 16.1 Å². The maximum Gasteiger partial charge on any atom is 0.244 e. The highest BCUT2D eigenvalue weighted by Gasteiger charge is 2.43. The minimum atomic E-state index is -3.70. The van der Waals surface area contributed by atoms with Crippen LogP contribution in [0.15, 0.2) is 47.4 Å². The predicted molar refractivity (Wildman–Crippen MR) is 99.9 cm³/mol. The van der Waals surface area contributed by atoms with Crippen LogP contribution in [-0.4, -0.2) is 54.3 Å². The molecule has 1 saturated carbocycles. The van der Waals surface area contributed by atoms with E-state index in [0.29, 0.717) is 11.6 Å². The lowest BCUT2D eigenvalue weighted by Gasteiger charge is -2.27. The maximum absolute atomic E-state index is 13.1. The number of carbonyl (C=O) groups is 1. The minimum Gasteiger partial charge on any atom is -0.341 e. The van der Waals surface area contributed by atoms with Crippen LogP contribution in [0.25, 0.3) is 10.8 Å². The van der Waals surface area contributed by atoms with Gasteiger partial charge in [-0.3, -0.25) is 4.79 Å². The zero-order valence-electron chi connectivity index (χ0n) is 14.0. The van der Waals surface area contributed by atoms with E-state index in [1.165, 1.54) is 16.1 Å². The third kappa shape index (κ3) is 3.05. The molecule has 1 aliphatic carbocycles. The molecule has 1 saturated heterocycles. The van der Waals surface area contributed by atoms with Crippen molar-refractivity contribution in [2.45, 2.75) is 29.8 Å². The number of carbonyl (C=O) groups excluding carboxylic acids is 1. The van der Waals surface area contributed by atoms with Crippen molar-refractivity contribution < 1.29 is 13.2 Å². The van der Waals surface area contributed by atoms with Crippen LogP contribution in [0.2, 0.25) is 0 Å². The van der Waals surface area contributed by atoms with Gasteiger partial charge in [-0.25, -0.2) is 8.42 Å². The molecule has 0 bridgehead atoms. The smallest absolute Gasteiger partial charge is 0.244 e. The molecule has 2 aromatic rings. The summed E-state index contributed by atoms with van der Waals surface area (Å²) in [5, 5.41) is 1.88. The van der Waals surface area contributed by atoms with Gasteiger partial charge in [-0.15, -0.1) is 11.8 Å². The topological polar surface area (TPSA) is 57.7 Å². The van der Waals surface area contributed by atoms with Gasteiger partial charge >= 0.3 is 0 Å². The number of amides is 1. The van der Waals surface area contributed by atoms with Crippen LogP contribution in [0.1, 0.15) is 12.8 Å². The number of thioether (sulfide) groups is 1. The molecule has 0 radical (unpaired) electrons. The van der Waals surface area contributed by atoms with Gasteiger partial charge in [0, 0.05) is 18.8 Å². The highest BCUT2D eigenvalue weighted by Crippen LogP contribution is 2.33. The Morgan fingerprint density at radius 2 is 1.88 bits per heavy atom. The molecule has 1 unspecified atom stereocenters. The molecule has 2 aromatic carbocycles. The summed E-state index contributed by atoms with van der Waals surface area (Å²) < 4.78 is 27.6.